The average molecular weight is 558 g/mol. The monoisotopic (exact) mass is 557 g/mol. The van der Waals surface area contributed by atoms with Crippen LogP contribution in [0.5, 0.6) is 0 Å². The molecule has 4 heteroatoms. The molecule has 0 aliphatic rings. The molecule has 4 nitrogen and oxygen atoms in total. The van der Waals surface area contributed by atoms with Crippen molar-refractivity contribution in [1.82, 2.24) is 0 Å². The Morgan fingerprint density at radius 3 is 2.23 bits per heavy atom. The van der Waals surface area contributed by atoms with E-state index in [2.05, 4.69) is 99.2 Å². The highest BCUT2D eigenvalue weighted by Gasteiger charge is 2.25. The van der Waals surface area contributed by atoms with E-state index in [-0.39, 0.29) is 0 Å². The fourth-order valence-corrected chi connectivity index (χ4v) is 6.62. The molecule has 0 fully saturated rings. The third-order valence-corrected chi connectivity index (χ3v) is 8.87. The topological polar surface area (TPSA) is 54.0 Å². The molecule has 0 spiro atoms. The van der Waals surface area contributed by atoms with Gasteiger partial charge in [-0.05, 0) is 71.3 Å². The fourth-order valence-electron chi connectivity index (χ4n) is 6.62. The summed E-state index contributed by atoms with van der Waals surface area (Å²) in [5.41, 5.74) is 10.0. The molecular formula is C39H29N2O2+. The second kappa shape index (κ2) is 9.31. The quantitative estimate of drug-likeness (QED) is 0.203. The normalized spacial score (nSPS) is 11.9. The lowest BCUT2D eigenvalue weighted by molar-refractivity contribution is -0.659. The maximum Gasteiger partial charge on any atom is 0.224 e. The van der Waals surface area contributed by atoms with E-state index >= 15 is 0 Å². The van der Waals surface area contributed by atoms with Crippen LogP contribution < -0.4 is 4.57 Å². The van der Waals surface area contributed by atoms with Gasteiger partial charge in [-0.3, -0.25) is 0 Å². The van der Waals surface area contributed by atoms with E-state index in [1.807, 2.05) is 36.4 Å². The molecule has 0 radical (unpaired) electrons. The molecule has 0 saturated carbocycles. The number of furan rings is 2. The number of nitrogens with zero attached hydrogens (tertiary/aromatic N) is 2. The fraction of sp³-hybridized carbons (Fsp3) is 0.128. The summed E-state index contributed by atoms with van der Waals surface area (Å²) >= 11 is 0. The Bertz CT molecular complexity index is 2470. The summed E-state index contributed by atoms with van der Waals surface area (Å²) in [5, 5.41) is 16.7. The third-order valence-electron chi connectivity index (χ3n) is 8.87. The molecule has 8 rings (SSSR count). The smallest absolute Gasteiger partial charge is 0.224 e. The minimum Gasteiger partial charge on any atom is -0.456 e. The first kappa shape index (κ1) is 25.3. The van der Waals surface area contributed by atoms with Crippen molar-refractivity contribution in [3.63, 3.8) is 0 Å². The van der Waals surface area contributed by atoms with Crippen LogP contribution in [0.4, 0.5) is 0 Å². The van der Waals surface area contributed by atoms with Crippen LogP contribution in [0.15, 0.2) is 106 Å². The zero-order chi connectivity index (χ0) is 29.4. The Morgan fingerprint density at radius 1 is 0.698 bits per heavy atom. The summed E-state index contributed by atoms with van der Waals surface area (Å²) in [4.78, 5) is 0. The Balaban J connectivity index is 1.43. The summed E-state index contributed by atoms with van der Waals surface area (Å²) < 4.78 is 15.3. The molecule has 0 N–H and O–H groups in total. The molecule has 3 heterocycles. The van der Waals surface area contributed by atoms with Crippen LogP contribution in [-0.4, -0.2) is 0 Å². The van der Waals surface area contributed by atoms with Crippen molar-refractivity contribution < 1.29 is 13.4 Å². The Hall–Kier alpha value is -5.40. The van der Waals surface area contributed by atoms with Crippen molar-refractivity contribution in [2.45, 2.75) is 26.7 Å². The van der Waals surface area contributed by atoms with E-state index in [1.165, 1.54) is 16.3 Å². The molecule has 43 heavy (non-hydrogen) atoms. The van der Waals surface area contributed by atoms with E-state index in [0.717, 1.165) is 66.2 Å². The molecule has 0 bridgehead atoms. The van der Waals surface area contributed by atoms with E-state index in [9.17, 15) is 5.26 Å². The van der Waals surface area contributed by atoms with Crippen molar-refractivity contribution >= 4 is 54.6 Å². The Labute approximate surface area is 249 Å². The number of fused-ring (bicyclic) bond motifs is 7. The molecule has 0 atom stereocenters. The van der Waals surface area contributed by atoms with Gasteiger partial charge in [-0.25, -0.2) is 4.57 Å². The molecule has 0 saturated heterocycles. The van der Waals surface area contributed by atoms with E-state index in [0.29, 0.717) is 17.1 Å². The lowest BCUT2D eigenvalue weighted by Gasteiger charge is -2.11. The molecule has 0 aliphatic heterocycles. The predicted octanol–water partition coefficient (Wildman–Crippen LogP) is 10.1. The first-order valence-corrected chi connectivity index (χ1v) is 14.7. The number of hydrogen-bond donors (Lipinski definition) is 0. The molecule has 0 amide bonds. The van der Waals surface area contributed by atoms with Crippen molar-refractivity contribution in [2.75, 3.05) is 0 Å². The standard InChI is InChI=1S/C39H29N2O2/c1-22(2)24-10-14-28-25(19-24)17-18-41(4)37(28)35-23(3)9-13-31-32-16-12-27(21-40)36(39(32)43-38(31)35)26-11-15-30-29-7-5-6-8-33(29)42-34(30)20-26/h5-20,22H,1-4H3/q+1. The highest BCUT2D eigenvalue weighted by atomic mass is 16.3. The molecule has 3 aromatic heterocycles. The number of benzene rings is 5. The lowest BCUT2D eigenvalue weighted by atomic mass is 9.93. The predicted molar refractivity (Wildman–Crippen MR) is 174 cm³/mol. The number of aryl methyl sites for hydroxylation is 2. The van der Waals surface area contributed by atoms with Crippen molar-refractivity contribution in [2.24, 2.45) is 7.05 Å². The molecule has 8 aromatic rings. The molecular weight excluding hydrogens is 528 g/mol. The van der Waals surface area contributed by atoms with Gasteiger partial charge in [0.1, 0.15) is 29.4 Å². The second-order valence-electron chi connectivity index (χ2n) is 11.8. The SMILES string of the molecule is Cc1ccc2c(oc3c(-c4ccc5c(c4)oc4ccccc45)c(C#N)ccc32)c1-c1c2ccc(C(C)C)cc2cc[n+]1C. The van der Waals surface area contributed by atoms with Gasteiger partial charge in [-0.15, -0.1) is 0 Å². The van der Waals surface area contributed by atoms with Gasteiger partial charge in [0.05, 0.1) is 22.6 Å². The van der Waals surface area contributed by atoms with Crippen LogP contribution in [0.1, 0.15) is 36.5 Å². The van der Waals surface area contributed by atoms with Gasteiger partial charge in [0.2, 0.25) is 5.69 Å². The van der Waals surface area contributed by atoms with Gasteiger partial charge >= 0.3 is 0 Å². The highest BCUT2D eigenvalue weighted by molar-refractivity contribution is 6.16. The van der Waals surface area contributed by atoms with Crippen LogP contribution in [-0.2, 0) is 7.05 Å². The van der Waals surface area contributed by atoms with Gasteiger partial charge < -0.3 is 8.83 Å². The number of para-hydroxylation sites is 1. The lowest BCUT2D eigenvalue weighted by Crippen LogP contribution is -2.30. The number of rotatable bonds is 3. The van der Waals surface area contributed by atoms with Crippen LogP contribution in [0.2, 0.25) is 0 Å². The Morgan fingerprint density at radius 2 is 1.42 bits per heavy atom. The van der Waals surface area contributed by atoms with Crippen molar-refractivity contribution in [3.8, 4) is 28.5 Å². The van der Waals surface area contributed by atoms with Crippen molar-refractivity contribution in [3.05, 3.63) is 114 Å². The summed E-state index contributed by atoms with van der Waals surface area (Å²) in [6, 6.07) is 33.8. The first-order chi connectivity index (χ1) is 20.9. The second-order valence-corrected chi connectivity index (χ2v) is 11.8. The van der Waals surface area contributed by atoms with Crippen LogP contribution in [0, 0.1) is 18.3 Å². The minimum absolute atomic E-state index is 0.453. The summed E-state index contributed by atoms with van der Waals surface area (Å²) in [6.45, 7) is 6.59. The summed E-state index contributed by atoms with van der Waals surface area (Å²) in [5.74, 6) is 0.453. The van der Waals surface area contributed by atoms with E-state index in [1.54, 1.807) is 0 Å². The van der Waals surface area contributed by atoms with Crippen molar-refractivity contribution in [1.29, 1.82) is 5.26 Å². The number of pyridine rings is 1. The number of aromatic nitrogens is 1. The maximum atomic E-state index is 10.2. The maximum absolute atomic E-state index is 10.2. The van der Waals surface area contributed by atoms with Crippen LogP contribution in [0.25, 0.3) is 77.0 Å². The van der Waals surface area contributed by atoms with E-state index in [4.69, 9.17) is 8.83 Å². The average Bonchev–Trinajstić information content (AvgIpc) is 3.58. The zero-order valence-electron chi connectivity index (χ0n) is 24.5. The number of hydrogen-bond acceptors (Lipinski definition) is 3. The van der Waals surface area contributed by atoms with E-state index < -0.39 is 0 Å². The molecule has 5 aromatic carbocycles. The highest BCUT2D eigenvalue weighted by Crippen LogP contribution is 2.44. The van der Waals surface area contributed by atoms with Gasteiger partial charge in [0.15, 0.2) is 6.20 Å². The summed E-state index contributed by atoms with van der Waals surface area (Å²) in [7, 11) is 2.09. The molecule has 0 aliphatic carbocycles. The molecule has 0 unspecified atom stereocenters. The molecule has 206 valence electrons. The van der Waals surface area contributed by atoms with Gasteiger partial charge in [-0.1, -0.05) is 62.4 Å². The largest absolute Gasteiger partial charge is 0.456 e. The first-order valence-electron chi connectivity index (χ1n) is 14.7. The number of nitriles is 1. The Kier molecular flexibility index (Phi) is 5.48. The van der Waals surface area contributed by atoms with Crippen LogP contribution >= 0.6 is 0 Å². The van der Waals surface area contributed by atoms with Gasteiger partial charge in [0, 0.05) is 33.2 Å². The minimum atomic E-state index is 0.453. The van der Waals surface area contributed by atoms with Gasteiger partial charge in [0.25, 0.3) is 0 Å². The third kappa shape index (κ3) is 3.72. The van der Waals surface area contributed by atoms with Crippen LogP contribution in [0.3, 0.4) is 0 Å². The van der Waals surface area contributed by atoms with Gasteiger partial charge in [-0.2, -0.15) is 5.26 Å². The summed E-state index contributed by atoms with van der Waals surface area (Å²) in [6.07, 6.45) is 2.13. The zero-order valence-corrected chi connectivity index (χ0v) is 24.5.